The number of amides is 1. The van der Waals surface area contributed by atoms with Crippen molar-refractivity contribution in [2.24, 2.45) is 0 Å². The van der Waals surface area contributed by atoms with Crippen LogP contribution in [-0.2, 0) is 0 Å². The Morgan fingerprint density at radius 1 is 1.08 bits per heavy atom. The van der Waals surface area contributed by atoms with Crippen molar-refractivity contribution in [3.8, 4) is 0 Å². The average Bonchev–Trinajstić information content (AvgIpc) is 2.59. The predicted octanol–water partition coefficient (Wildman–Crippen LogP) is 3.21. The average molecular weight is 322 g/mol. The van der Waals surface area contributed by atoms with E-state index in [2.05, 4.69) is 15.8 Å². The lowest BCUT2D eigenvalue weighted by atomic mass is 10.1. The van der Waals surface area contributed by atoms with E-state index in [1.807, 2.05) is 0 Å². The van der Waals surface area contributed by atoms with Crippen LogP contribution in [0.25, 0.3) is 10.8 Å². The minimum absolute atomic E-state index is 0.0191. The van der Waals surface area contributed by atoms with Crippen molar-refractivity contribution in [2.75, 3.05) is 5.43 Å². The molecule has 0 unspecified atom stereocenters. The van der Waals surface area contributed by atoms with Crippen molar-refractivity contribution in [3.63, 3.8) is 0 Å². The molecule has 7 nitrogen and oxygen atoms in total. The number of aryl methyl sites for hydroxylation is 1. The zero-order valence-electron chi connectivity index (χ0n) is 12.8. The molecule has 3 rings (SSSR count). The molecule has 3 aromatic rings. The second-order valence-corrected chi connectivity index (χ2v) is 5.15. The molecule has 0 radical (unpaired) electrons. The standard InChI is InChI=1S/C17H14N4O3/c1-11-12(7-4-10-18-11)17(22)20-19-15-8-9-16(21(23)24)14-6-3-2-5-13(14)15/h2-10,19H,1H3,(H,20,22). The molecule has 0 spiro atoms. The van der Waals surface area contributed by atoms with Crippen LogP contribution in [0.3, 0.4) is 0 Å². The highest BCUT2D eigenvalue weighted by Crippen LogP contribution is 2.30. The van der Waals surface area contributed by atoms with Gasteiger partial charge in [-0.3, -0.25) is 30.7 Å². The number of pyridine rings is 1. The fourth-order valence-electron chi connectivity index (χ4n) is 2.47. The highest BCUT2D eigenvalue weighted by molar-refractivity contribution is 6.01. The Morgan fingerprint density at radius 2 is 1.83 bits per heavy atom. The molecule has 0 aliphatic carbocycles. The van der Waals surface area contributed by atoms with Crippen LogP contribution in [0.15, 0.2) is 54.7 Å². The molecule has 1 aromatic heterocycles. The lowest BCUT2D eigenvalue weighted by molar-refractivity contribution is -0.383. The molecule has 0 bridgehead atoms. The van der Waals surface area contributed by atoms with E-state index in [-0.39, 0.29) is 11.6 Å². The van der Waals surface area contributed by atoms with E-state index < -0.39 is 4.92 Å². The second kappa shape index (κ2) is 6.33. The van der Waals surface area contributed by atoms with Gasteiger partial charge in [0.1, 0.15) is 0 Å². The number of hydrazine groups is 1. The van der Waals surface area contributed by atoms with Crippen LogP contribution in [0.4, 0.5) is 11.4 Å². The molecule has 1 heterocycles. The van der Waals surface area contributed by atoms with E-state index in [0.29, 0.717) is 27.7 Å². The van der Waals surface area contributed by atoms with Gasteiger partial charge in [0.15, 0.2) is 0 Å². The van der Waals surface area contributed by atoms with Crippen LogP contribution in [0.1, 0.15) is 16.1 Å². The van der Waals surface area contributed by atoms with Gasteiger partial charge in [-0.05, 0) is 31.2 Å². The van der Waals surface area contributed by atoms with Crippen molar-refractivity contribution in [1.82, 2.24) is 10.4 Å². The molecule has 0 aliphatic heterocycles. The number of hydrogen-bond donors (Lipinski definition) is 2. The van der Waals surface area contributed by atoms with Gasteiger partial charge in [-0.15, -0.1) is 0 Å². The minimum Gasteiger partial charge on any atom is -0.298 e. The maximum atomic E-state index is 12.2. The van der Waals surface area contributed by atoms with Gasteiger partial charge in [-0.25, -0.2) is 0 Å². The van der Waals surface area contributed by atoms with Crippen molar-refractivity contribution in [3.05, 3.63) is 76.1 Å². The summed E-state index contributed by atoms with van der Waals surface area (Å²) in [6.07, 6.45) is 1.61. The van der Waals surface area contributed by atoms with Crippen molar-refractivity contribution >= 4 is 28.1 Å². The Labute approximate surface area is 137 Å². The van der Waals surface area contributed by atoms with Crippen molar-refractivity contribution in [2.45, 2.75) is 6.92 Å². The zero-order chi connectivity index (χ0) is 17.1. The van der Waals surface area contributed by atoms with Crippen molar-refractivity contribution in [1.29, 1.82) is 0 Å². The number of non-ortho nitro benzene ring substituents is 1. The Morgan fingerprint density at radius 3 is 2.54 bits per heavy atom. The molecule has 0 atom stereocenters. The number of aromatic nitrogens is 1. The quantitative estimate of drug-likeness (QED) is 0.568. The van der Waals surface area contributed by atoms with Crippen LogP contribution in [-0.4, -0.2) is 15.8 Å². The SMILES string of the molecule is Cc1ncccc1C(=O)NNc1ccc([N+](=O)[O-])c2ccccc12. The lowest BCUT2D eigenvalue weighted by Gasteiger charge is -2.12. The Bertz CT molecular complexity index is 940. The predicted molar refractivity (Wildman–Crippen MR) is 90.7 cm³/mol. The lowest BCUT2D eigenvalue weighted by Crippen LogP contribution is -2.30. The molecule has 2 aromatic carbocycles. The first-order valence-electron chi connectivity index (χ1n) is 7.22. The summed E-state index contributed by atoms with van der Waals surface area (Å²) in [6.45, 7) is 1.75. The molecule has 1 amide bonds. The van der Waals surface area contributed by atoms with E-state index in [1.165, 1.54) is 6.07 Å². The number of anilines is 1. The number of carbonyl (C=O) groups is 1. The Hall–Kier alpha value is -3.48. The van der Waals surface area contributed by atoms with E-state index in [1.54, 1.807) is 55.6 Å². The number of nitro benzene ring substituents is 1. The van der Waals surface area contributed by atoms with E-state index in [9.17, 15) is 14.9 Å². The van der Waals surface area contributed by atoms with E-state index in [0.717, 1.165) is 0 Å². The van der Waals surface area contributed by atoms with Gasteiger partial charge >= 0.3 is 0 Å². The van der Waals surface area contributed by atoms with Gasteiger partial charge < -0.3 is 0 Å². The molecule has 2 N–H and O–H groups in total. The zero-order valence-corrected chi connectivity index (χ0v) is 12.8. The number of nitro groups is 1. The van der Waals surface area contributed by atoms with E-state index >= 15 is 0 Å². The summed E-state index contributed by atoms with van der Waals surface area (Å²) >= 11 is 0. The summed E-state index contributed by atoms with van der Waals surface area (Å²) in [5.41, 5.74) is 7.09. The highest BCUT2D eigenvalue weighted by Gasteiger charge is 2.14. The van der Waals surface area contributed by atoms with Gasteiger partial charge in [0.05, 0.1) is 27.3 Å². The third kappa shape index (κ3) is 2.87. The summed E-state index contributed by atoms with van der Waals surface area (Å²) in [5.74, 6) is -0.331. The van der Waals surface area contributed by atoms with Crippen LogP contribution < -0.4 is 10.9 Å². The normalized spacial score (nSPS) is 10.4. The maximum Gasteiger partial charge on any atom is 0.277 e. The van der Waals surface area contributed by atoms with E-state index in [4.69, 9.17) is 0 Å². The number of rotatable bonds is 4. The summed E-state index contributed by atoms with van der Waals surface area (Å²) < 4.78 is 0. The topological polar surface area (TPSA) is 97.2 Å². The second-order valence-electron chi connectivity index (χ2n) is 5.15. The largest absolute Gasteiger partial charge is 0.298 e. The Balaban J connectivity index is 1.89. The number of benzene rings is 2. The fourth-order valence-corrected chi connectivity index (χ4v) is 2.47. The van der Waals surface area contributed by atoms with Crippen LogP contribution in [0.5, 0.6) is 0 Å². The maximum absolute atomic E-state index is 12.2. The number of nitrogens with zero attached hydrogens (tertiary/aromatic N) is 2. The smallest absolute Gasteiger partial charge is 0.277 e. The number of carbonyl (C=O) groups excluding carboxylic acids is 1. The third-order valence-corrected chi connectivity index (χ3v) is 3.66. The molecule has 0 aliphatic rings. The molecule has 7 heteroatoms. The van der Waals surface area contributed by atoms with Gasteiger partial charge in [0.25, 0.3) is 11.6 Å². The van der Waals surface area contributed by atoms with Crippen LogP contribution in [0.2, 0.25) is 0 Å². The van der Waals surface area contributed by atoms with Crippen LogP contribution in [0, 0.1) is 17.0 Å². The number of nitrogens with one attached hydrogen (secondary N) is 2. The molecule has 0 fully saturated rings. The molecule has 24 heavy (non-hydrogen) atoms. The molecule has 120 valence electrons. The van der Waals surface area contributed by atoms with Crippen LogP contribution >= 0.6 is 0 Å². The molecule has 0 saturated heterocycles. The molecular formula is C17H14N4O3. The van der Waals surface area contributed by atoms with Crippen molar-refractivity contribution < 1.29 is 9.72 Å². The number of hydrogen-bond acceptors (Lipinski definition) is 5. The van der Waals surface area contributed by atoms with Gasteiger partial charge in [0, 0.05) is 17.6 Å². The van der Waals surface area contributed by atoms with Gasteiger partial charge in [0.2, 0.25) is 0 Å². The third-order valence-electron chi connectivity index (χ3n) is 3.66. The summed E-state index contributed by atoms with van der Waals surface area (Å²) in [5, 5.41) is 12.3. The monoisotopic (exact) mass is 322 g/mol. The fraction of sp³-hybridized carbons (Fsp3) is 0.0588. The Kier molecular flexibility index (Phi) is 4.07. The first-order chi connectivity index (χ1) is 11.6. The molecule has 0 saturated carbocycles. The summed E-state index contributed by atoms with van der Waals surface area (Å²) in [4.78, 5) is 27.0. The number of fused-ring (bicyclic) bond motifs is 1. The van der Waals surface area contributed by atoms with Gasteiger partial charge in [-0.2, -0.15) is 0 Å². The minimum atomic E-state index is -0.427. The first-order valence-corrected chi connectivity index (χ1v) is 7.22. The summed E-state index contributed by atoms with van der Waals surface area (Å²) in [6, 6.07) is 13.3. The first kappa shape index (κ1) is 15.4. The molecular weight excluding hydrogens is 308 g/mol. The highest BCUT2D eigenvalue weighted by atomic mass is 16.6. The summed E-state index contributed by atoms with van der Waals surface area (Å²) in [7, 11) is 0. The van der Waals surface area contributed by atoms with Gasteiger partial charge in [-0.1, -0.05) is 18.2 Å².